The van der Waals surface area contributed by atoms with Crippen LogP contribution in [0.2, 0.25) is 0 Å². The van der Waals surface area contributed by atoms with E-state index in [2.05, 4.69) is 37.2 Å². The van der Waals surface area contributed by atoms with Crippen LogP contribution in [-0.4, -0.2) is 211 Å². The molecule has 82 heavy (non-hydrogen) atoms. The topological polar surface area (TPSA) is 532 Å². The number of primary amides is 2. The number of carbonyl (C=O) groups is 15. The molecule has 2 saturated heterocycles. The molecule has 2 rings (SSSR count). The maximum atomic E-state index is 14.5. The fourth-order valence-electron chi connectivity index (χ4n) is 8.99. The number of aliphatic carboxylic acids is 4. The fourth-order valence-corrected chi connectivity index (χ4v) is 9.46. The van der Waals surface area contributed by atoms with E-state index in [4.69, 9.17) is 22.9 Å². The molecule has 0 bridgehead atoms. The number of likely N-dealkylation sites (tertiary alicyclic amines) is 2. The molecule has 19 N–H and O–H groups in total. The Balaban J connectivity index is 2.39. The van der Waals surface area contributed by atoms with Gasteiger partial charge in [-0.05, 0) is 95.1 Å². The first-order valence-corrected chi connectivity index (χ1v) is 28.0. The van der Waals surface area contributed by atoms with E-state index >= 15 is 0 Å². The molecular weight excluding hydrogens is 1110 g/mol. The van der Waals surface area contributed by atoms with Crippen LogP contribution in [0.15, 0.2) is 0 Å². The third-order valence-corrected chi connectivity index (χ3v) is 13.8. The molecule has 0 aliphatic carbocycles. The van der Waals surface area contributed by atoms with E-state index in [0.29, 0.717) is 12.2 Å². The monoisotopic (exact) mass is 1190 g/mol. The molecule has 0 aromatic rings. The molecule has 33 heteroatoms. The Bertz CT molecular complexity index is 2350. The Morgan fingerprint density at radius 1 is 0.512 bits per heavy atom. The second kappa shape index (κ2) is 35.2. The van der Waals surface area contributed by atoms with Gasteiger partial charge in [0.1, 0.15) is 54.4 Å². The van der Waals surface area contributed by atoms with Crippen molar-refractivity contribution in [3.8, 4) is 0 Å². The van der Waals surface area contributed by atoms with Gasteiger partial charge in [-0.15, -0.1) is 0 Å². The number of carboxylic acid groups (broad SMARTS) is 4. The van der Waals surface area contributed by atoms with Crippen LogP contribution in [0, 0.1) is 5.92 Å². The highest BCUT2D eigenvalue weighted by Gasteiger charge is 2.43. The van der Waals surface area contributed by atoms with Gasteiger partial charge in [0.25, 0.3) is 0 Å². The van der Waals surface area contributed by atoms with Crippen molar-refractivity contribution in [3.05, 3.63) is 0 Å². The number of carbonyl (C=O) groups excluding carboxylic acids is 11. The Hall–Kier alpha value is -7.68. The van der Waals surface area contributed by atoms with Crippen LogP contribution in [0.5, 0.6) is 0 Å². The summed E-state index contributed by atoms with van der Waals surface area (Å²) >= 11 is 1.30. The number of unbranched alkanes of at least 4 members (excludes halogenated alkanes) is 1. The van der Waals surface area contributed by atoms with Gasteiger partial charge in [-0.1, -0.05) is 13.8 Å². The van der Waals surface area contributed by atoms with Crippen molar-refractivity contribution in [1.82, 2.24) is 47.0 Å². The molecule has 32 nitrogen and oxygen atoms in total. The van der Waals surface area contributed by atoms with E-state index in [1.807, 2.05) is 0 Å². The summed E-state index contributed by atoms with van der Waals surface area (Å²) < 4.78 is 0. The maximum Gasteiger partial charge on any atom is 0.326 e. The Labute approximate surface area is 476 Å². The molecule has 0 aromatic carbocycles. The minimum Gasteiger partial charge on any atom is -0.481 e. The standard InChI is InChI=1S/C49H79N13O19S/c1-24(2)20-31(60-42(73)27(12-14-37(65)66)55-45(76)33-9-6-18-62(33)48(79)32(23-39(69)70)59-40(71)25(51)11-13-35(52)63)47(78)61-17-7-10-34(61)46(77)58-30(22-38(67)68)44(75)54-26(8-4-5-16-50)41(72)57-29(21-36(53)64)43(74)56-28(49(80)81)15-19-82-3/h24-34H,4-23,50-51H2,1-3H3,(H2,52,63)(H2,53,64)(H,54,75)(H,55,76)(H,56,74)(H,57,72)(H,58,77)(H,59,71)(H,60,73)(H,65,66)(H,67,68)(H,69,70)(H,80,81)/t25-,26-,27-,28-,29-,30-,31-,32-,33-,34-/m0/s1. The van der Waals surface area contributed by atoms with Gasteiger partial charge in [0.15, 0.2) is 0 Å². The summed E-state index contributed by atoms with van der Waals surface area (Å²) in [7, 11) is 0. The molecule has 2 aliphatic rings. The quantitative estimate of drug-likeness (QED) is 0.0257. The molecule has 0 unspecified atom stereocenters. The summed E-state index contributed by atoms with van der Waals surface area (Å²) in [6.45, 7) is 3.34. The normalized spacial score (nSPS) is 17.7. The van der Waals surface area contributed by atoms with E-state index in [0.717, 1.165) is 9.80 Å². The zero-order chi connectivity index (χ0) is 62.0. The van der Waals surface area contributed by atoms with Crippen LogP contribution >= 0.6 is 11.8 Å². The molecule has 0 saturated carbocycles. The average molecular weight is 1190 g/mol. The zero-order valence-corrected chi connectivity index (χ0v) is 46.8. The first kappa shape index (κ1) is 70.4. The van der Waals surface area contributed by atoms with Gasteiger partial charge in [0, 0.05) is 25.9 Å². The largest absolute Gasteiger partial charge is 0.481 e. The summed E-state index contributed by atoms with van der Waals surface area (Å²) in [6.07, 6.45) is -2.22. The highest BCUT2D eigenvalue weighted by Crippen LogP contribution is 2.23. The molecule has 10 atom stereocenters. The van der Waals surface area contributed by atoms with Crippen molar-refractivity contribution >= 4 is 101 Å². The van der Waals surface area contributed by atoms with Crippen LogP contribution in [0.1, 0.15) is 117 Å². The Morgan fingerprint density at radius 3 is 1.44 bits per heavy atom. The van der Waals surface area contributed by atoms with Crippen molar-refractivity contribution in [1.29, 1.82) is 0 Å². The van der Waals surface area contributed by atoms with Gasteiger partial charge in [0.05, 0.1) is 25.3 Å². The van der Waals surface area contributed by atoms with Crippen LogP contribution in [0.3, 0.4) is 0 Å². The van der Waals surface area contributed by atoms with Crippen LogP contribution in [0.25, 0.3) is 0 Å². The van der Waals surface area contributed by atoms with Gasteiger partial charge in [-0.2, -0.15) is 11.8 Å². The fraction of sp³-hybridized carbons (Fsp3) is 0.694. The maximum absolute atomic E-state index is 14.5. The number of hydrogen-bond acceptors (Lipinski definition) is 18. The molecule has 2 heterocycles. The Morgan fingerprint density at radius 2 is 0.963 bits per heavy atom. The molecule has 2 fully saturated rings. The molecule has 0 spiro atoms. The molecule has 0 radical (unpaired) electrons. The number of thioether (sulfide) groups is 1. The van der Waals surface area contributed by atoms with Gasteiger partial charge in [0.2, 0.25) is 65.0 Å². The third kappa shape index (κ3) is 24.2. The smallest absolute Gasteiger partial charge is 0.326 e. The summed E-state index contributed by atoms with van der Waals surface area (Å²) in [5.74, 6) is -16.9. The second-order valence-corrected chi connectivity index (χ2v) is 21.2. The minimum absolute atomic E-state index is 0.0150. The van der Waals surface area contributed by atoms with E-state index in [1.165, 1.54) is 11.8 Å². The van der Waals surface area contributed by atoms with E-state index in [1.54, 1.807) is 20.1 Å². The lowest BCUT2D eigenvalue weighted by Crippen LogP contribution is -2.60. The van der Waals surface area contributed by atoms with Gasteiger partial charge in [-0.3, -0.25) is 67.1 Å². The molecule has 2 aliphatic heterocycles. The number of nitrogens with zero attached hydrogens (tertiary/aromatic N) is 2. The van der Waals surface area contributed by atoms with Crippen LogP contribution in [0.4, 0.5) is 0 Å². The highest BCUT2D eigenvalue weighted by molar-refractivity contribution is 7.98. The number of amides is 11. The number of carboxylic acids is 4. The van der Waals surface area contributed by atoms with Crippen molar-refractivity contribution in [3.63, 3.8) is 0 Å². The summed E-state index contributed by atoms with van der Waals surface area (Å²) in [4.78, 5) is 197. The van der Waals surface area contributed by atoms with Crippen molar-refractivity contribution < 1.29 is 92.3 Å². The lowest BCUT2D eigenvalue weighted by Gasteiger charge is -2.32. The average Bonchev–Trinajstić information content (AvgIpc) is 4.25. The van der Waals surface area contributed by atoms with E-state index < -0.39 is 181 Å². The first-order chi connectivity index (χ1) is 38.5. The summed E-state index contributed by atoms with van der Waals surface area (Å²) in [6, 6.07) is -15.5. The molecule has 0 aromatic heterocycles. The van der Waals surface area contributed by atoms with Crippen LogP contribution in [-0.2, 0) is 71.9 Å². The summed E-state index contributed by atoms with van der Waals surface area (Å²) in [5, 5.41) is 55.1. The lowest BCUT2D eigenvalue weighted by atomic mass is 10.0. The molecule has 11 amide bonds. The van der Waals surface area contributed by atoms with Gasteiger partial charge >= 0.3 is 23.9 Å². The van der Waals surface area contributed by atoms with E-state index in [9.17, 15) is 92.3 Å². The number of nitrogens with one attached hydrogen (secondary N) is 7. The number of nitrogens with two attached hydrogens (primary N) is 4. The second-order valence-electron chi connectivity index (χ2n) is 20.3. The molecular formula is C49H79N13O19S. The van der Waals surface area contributed by atoms with Gasteiger partial charge < -0.3 is 90.4 Å². The first-order valence-electron chi connectivity index (χ1n) is 26.6. The zero-order valence-electron chi connectivity index (χ0n) is 46.0. The molecule has 460 valence electrons. The SMILES string of the molecule is CSCC[C@H](NC(=O)[C@H](CC(N)=O)NC(=O)[C@H](CCCCN)NC(=O)[C@H](CC(=O)O)NC(=O)[C@@H]1CCCN1C(=O)[C@H](CC(C)C)NC(=O)[C@H](CCC(=O)O)NC(=O)[C@@H]1CCCN1C(=O)[C@H](CC(=O)O)NC(=O)[C@@H](N)CCC(N)=O)C(=O)O. The van der Waals surface area contributed by atoms with Crippen molar-refractivity contribution in [2.24, 2.45) is 28.9 Å². The van der Waals surface area contributed by atoms with Gasteiger partial charge in [-0.25, -0.2) is 4.79 Å². The minimum atomic E-state index is -1.90. The Kier molecular flexibility index (Phi) is 30.3. The number of hydrogen-bond donors (Lipinski definition) is 15. The van der Waals surface area contributed by atoms with Crippen molar-refractivity contribution in [2.45, 2.75) is 177 Å². The summed E-state index contributed by atoms with van der Waals surface area (Å²) in [5.41, 5.74) is 21.9. The van der Waals surface area contributed by atoms with E-state index in [-0.39, 0.29) is 89.8 Å². The van der Waals surface area contributed by atoms with Crippen LogP contribution < -0.4 is 60.2 Å². The number of rotatable bonds is 38. The third-order valence-electron chi connectivity index (χ3n) is 13.2. The highest BCUT2D eigenvalue weighted by atomic mass is 32.2. The lowest BCUT2D eigenvalue weighted by molar-refractivity contribution is -0.146. The predicted octanol–water partition coefficient (Wildman–Crippen LogP) is -5.34. The van der Waals surface area contributed by atoms with Crippen molar-refractivity contribution in [2.75, 3.05) is 31.6 Å². The predicted molar refractivity (Wildman–Crippen MR) is 288 cm³/mol.